The first-order chi connectivity index (χ1) is 19.1. The van der Waals surface area contributed by atoms with Crippen molar-refractivity contribution >= 4 is 28.5 Å². The number of carbonyl (C=O) groups is 2. The number of ether oxygens (including phenoxy) is 2. The summed E-state index contributed by atoms with van der Waals surface area (Å²) in [5.74, 6) is -0.129. The molecule has 0 spiro atoms. The molecule has 1 unspecified atom stereocenters. The van der Waals surface area contributed by atoms with Crippen LogP contribution < -0.4 is 4.74 Å². The van der Waals surface area contributed by atoms with Crippen LogP contribution in [0.5, 0.6) is 5.75 Å². The van der Waals surface area contributed by atoms with Crippen molar-refractivity contribution in [3.8, 4) is 5.75 Å². The Morgan fingerprint density at radius 1 is 0.923 bits per heavy atom. The number of hydrazone groups is 1. The molecule has 4 aromatic rings. The fourth-order valence-electron chi connectivity index (χ4n) is 5.50. The first-order valence-corrected chi connectivity index (χ1v) is 13.3. The molecular formula is C32H29N3O4. The minimum Gasteiger partial charge on any atom is -0.497 e. The topological polar surface area (TPSA) is 81.1 Å². The van der Waals surface area contributed by atoms with Crippen LogP contribution in [0.3, 0.4) is 0 Å². The zero-order valence-electron chi connectivity index (χ0n) is 21.8. The minimum atomic E-state index is -0.493. The van der Waals surface area contributed by atoms with Gasteiger partial charge in [0.15, 0.2) is 6.61 Å². The van der Waals surface area contributed by atoms with E-state index in [1.165, 1.54) is 5.01 Å². The lowest BCUT2D eigenvalue weighted by Crippen LogP contribution is -2.31. The third-order valence-electron chi connectivity index (χ3n) is 7.47. The normalized spacial score (nSPS) is 16.5. The maximum Gasteiger partial charge on any atom is 0.339 e. The summed E-state index contributed by atoms with van der Waals surface area (Å²) in [6.45, 7) is -0.400. The molecule has 7 nitrogen and oxygen atoms in total. The van der Waals surface area contributed by atoms with Gasteiger partial charge < -0.3 is 9.47 Å². The van der Waals surface area contributed by atoms with Gasteiger partial charge in [-0.2, -0.15) is 5.10 Å². The first-order valence-electron chi connectivity index (χ1n) is 13.3. The van der Waals surface area contributed by atoms with Crippen LogP contribution in [-0.2, 0) is 22.4 Å². The second-order valence-corrected chi connectivity index (χ2v) is 9.86. The Kier molecular flexibility index (Phi) is 6.80. The Morgan fingerprint density at radius 2 is 1.67 bits per heavy atom. The number of pyridine rings is 1. The van der Waals surface area contributed by atoms with Crippen molar-refractivity contribution < 1.29 is 19.1 Å². The Hall–Kier alpha value is -4.52. The maximum atomic E-state index is 13.5. The molecule has 39 heavy (non-hydrogen) atoms. The first kappa shape index (κ1) is 24.8. The van der Waals surface area contributed by atoms with Crippen LogP contribution in [0.25, 0.3) is 10.9 Å². The number of hydrogen-bond acceptors (Lipinski definition) is 6. The highest BCUT2D eigenvalue weighted by molar-refractivity contribution is 6.06. The number of esters is 1. The summed E-state index contributed by atoms with van der Waals surface area (Å²) < 4.78 is 11.0. The number of benzene rings is 3. The van der Waals surface area contributed by atoms with Gasteiger partial charge in [-0.05, 0) is 60.6 Å². The van der Waals surface area contributed by atoms with Gasteiger partial charge in [0.25, 0.3) is 5.91 Å². The minimum absolute atomic E-state index is 0.313. The Morgan fingerprint density at radius 3 is 2.46 bits per heavy atom. The van der Waals surface area contributed by atoms with Crippen LogP contribution >= 0.6 is 0 Å². The molecule has 0 fully saturated rings. The number of nitrogens with zero attached hydrogens (tertiary/aromatic N) is 3. The number of carbonyl (C=O) groups excluding carboxylic acids is 2. The number of para-hydroxylation sites is 1. The predicted octanol–water partition coefficient (Wildman–Crippen LogP) is 5.66. The summed E-state index contributed by atoms with van der Waals surface area (Å²) in [6, 6.07) is 24.7. The van der Waals surface area contributed by atoms with Crippen molar-refractivity contribution in [3.63, 3.8) is 0 Å². The number of aromatic nitrogens is 1. The van der Waals surface area contributed by atoms with Gasteiger partial charge in [0.05, 0.1) is 29.9 Å². The summed E-state index contributed by atoms with van der Waals surface area (Å²) in [4.78, 5) is 31.8. The van der Waals surface area contributed by atoms with Gasteiger partial charge in [0.1, 0.15) is 5.75 Å². The zero-order chi connectivity index (χ0) is 26.8. The SMILES string of the molecule is COc1ccc(C2CC(c3ccccc3)=NN2C(=O)COC(=O)c2c3c(nc4ccccc24)CCCC3)cc1. The van der Waals surface area contributed by atoms with Gasteiger partial charge in [-0.25, -0.2) is 9.80 Å². The molecule has 1 aliphatic heterocycles. The number of hydrogen-bond donors (Lipinski definition) is 0. The van der Waals surface area contributed by atoms with Crippen molar-refractivity contribution in [2.24, 2.45) is 5.10 Å². The van der Waals surface area contributed by atoms with Crippen LogP contribution in [0, 0.1) is 0 Å². The van der Waals surface area contributed by atoms with Crippen LogP contribution in [-0.4, -0.2) is 41.3 Å². The smallest absolute Gasteiger partial charge is 0.339 e. The lowest BCUT2D eigenvalue weighted by atomic mass is 9.90. The molecule has 1 aromatic heterocycles. The molecule has 0 N–H and O–H groups in total. The molecule has 1 amide bonds. The van der Waals surface area contributed by atoms with E-state index in [0.717, 1.165) is 70.4 Å². The van der Waals surface area contributed by atoms with Crippen LogP contribution in [0.4, 0.5) is 0 Å². The van der Waals surface area contributed by atoms with Crippen molar-refractivity contribution in [3.05, 3.63) is 107 Å². The van der Waals surface area contributed by atoms with Crippen molar-refractivity contribution in [2.75, 3.05) is 13.7 Å². The van der Waals surface area contributed by atoms with E-state index in [1.807, 2.05) is 78.9 Å². The highest BCUT2D eigenvalue weighted by Crippen LogP contribution is 2.34. The van der Waals surface area contributed by atoms with Gasteiger partial charge in [-0.1, -0.05) is 60.7 Å². The van der Waals surface area contributed by atoms with E-state index in [-0.39, 0.29) is 11.9 Å². The van der Waals surface area contributed by atoms with E-state index < -0.39 is 12.6 Å². The zero-order valence-corrected chi connectivity index (χ0v) is 21.8. The third-order valence-corrected chi connectivity index (χ3v) is 7.47. The van der Waals surface area contributed by atoms with Gasteiger partial charge in [0, 0.05) is 17.5 Å². The second-order valence-electron chi connectivity index (χ2n) is 9.86. The molecule has 1 aliphatic carbocycles. The molecule has 0 saturated carbocycles. The van der Waals surface area contributed by atoms with Crippen LogP contribution in [0.1, 0.15) is 58.0 Å². The van der Waals surface area contributed by atoms with E-state index in [1.54, 1.807) is 7.11 Å². The van der Waals surface area contributed by atoms with Gasteiger partial charge in [-0.15, -0.1) is 0 Å². The van der Waals surface area contributed by atoms with Crippen LogP contribution in [0.2, 0.25) is 0 Å². The summed E-state index contributed by atoms with van der Waals surface area (Å²) in [5.41, 5.74) is 5.90. The van der Waals surface area contributed by atoms with Gasteiger partial charge in [0.2, 0.25) is 0 Å². The van der Waals surface area contributed by atoms with Gasteiger partial charge >= 0.3 is 5.97 Å². The average molecular weight is 520 g/mol. The number of fused-ring (bicyclic) bond motifs is 2. The Bertz CT molecular complexity index is 1560. The Balaban J connectivity index is 1.27. The van der Waals surface area contributed by atoms with E-state index in [2.05, 4.69) is 0 Å². The molecule has 0 bridgehead atoms. The molecule has 3 aromatic carbocycles. The van der Waals surface area contributed by atoms with E-state index >= 15 is 0 Å². The predicted molar refractivity (Wildman–Crippen MR) is 149 cm³/mol. The molecule has 6 rings (SSSR count). The van der Waals surface area contributed by atoms with Gasteiger partial charge in [-0.3, -0.25) is 9.78 Å². The number of methoxy groups -OCH3 is 1. The van der Waals surface area contributed by atoms with E-state index in [9.17, 15) is 9.59 Å². The largest absolute Gasteiger partial charge is 0.497 e. The monoisotopic (exact) mass is 519 g/mol. The average Bonchev–Trinajstić information content (AvgIpc) is 3.45. The number of amides is 1. The highest BCUT2D eigenvalue weighted by Gasteiger charge is 2.34. The molecule has 1 atom stereocenters. The Labute approximate surface area is 227 Å². The molecule has 0 radical (unpaired) electrons. The van der Waals surface area contributed by atoms with Crippen molar-refractivity contribution in [1.29, 1.82) is 0 Å². The number of aryl methyl sites for hydroxylation is 1. The maximum absolute atomic E-state index is 13.5. The third kappa shape index (κ3) is 4.88. The highest BCUT2D eigenvalue weighted by atomic mass is 16.5. The molecule has 7 heteroatoms. The molecule has 196 valence electrons. The lowest BCUT2D eigenvalue weighted by Gasteiger charge is -2.23. The summed E-state index contributed by atoms with van der Waals surface area (Å²) in [6.07, 6.45) is 4.23. The summed E-state index contributed by atoms with van der Waals surface area (Å²) in [7, 11) is 1.62. The lowest BCUT2D eigenvalue weighted by molar-refractivity contribution is -0.136. The standard InChI is InChI=1S/C32H29N3O4/c1-38-23-17-15-22(16-18-23)29-19-28(21-9-3-2-4-10-21)34-35(29)30(36)20-39-32(37)31-24-11-5-7-13-26(24)33-27-14-8-6-12-25(27)31/h2-5,7,9-11,13,15-18,29H,6,8,12,14,19-20H2,1H3. The van der Waals surface area contributed by atoms with Crippen molar-refractivity contribution in [2.45, 2.75) is 38.1 Å². The number of rotatable bonds is 6. The molecule has 2 heterocycles. The van der Waals surface area contributed by atoms with E-state index in [4.69, 9.17) is 19.6 Å². The summed E-state index contributed by atoms with van der Waals surface area (Å²) in [5, 5.41) is 6.91. The second kappa shape index (κ2) is 10.7. The van der Waals surface area contributed by atoms with Crippen LogP contribution in [0.15, 0.2) is 84.0 Å². The molecular weight excluding hydrogens is 490 g/mol. The fourth-order valence-corrected chi connectivity index (χ4v) is 5.50. The molecule has 0 saturated heterocycles. The summed E-state index contributed by atoms with van der Waals surface area (Å²) >= 11 is 0. The van der Waals surface area contributed by atoms with E-state index in [0.29, 0.717) is 12.0 Å². The quantitative estimate of drug-likeness (QED) is 0.307. The van der Waals surface area contributed by atoms with Crippen molar-refractivity contribution in [1.82, 2.24) is 9.99 Å². The molecule has 2 aliphatic rings. The fraction of sp³-hybridized carbons (Fsp3) is 0.250.